The van der Waals surface area contributed by atoms with Gasteiger partial charge < -0.3 is 14.8 Å². The normalized spacial score (nSPS) is 12.3. The fourth-order valence-electron chi connectivity index (χ4n) is 1.96. The zero-order valence-electron chi connectivity index (χ0n) is 10.5. The minimum absolute atomic E-state index is 0.161. The molecule has 0 spiro atoms. The highest BCUT2D eigenvalue weighted by Gasteiger charge is 2.13. The van der Waals surface area contributed by atoms with Crippen molar-refractivity contribution >= 4 is 17.2 Å². The number of aliphatic hydroxyl groups excluding tert-OH is 1. The van der Waals surface area contributed by atoms with Gasteiger partial charge in [0.2, 0.25) is 0 Å². The van der Waals surface area contributed by atoms with Crippen molar-refractivity contribution in [1.82, 2.24) is 5.32 Å². The standard InChI is InChI=1S/C14H17NO3S/c16-8-6-11(13-4-2-10-19-13)5-7-15-14(17)12-3-1-9-18-12/h1-4,9-11,16H,5-8H2,(H,15,17)/t11-/m0/s1. The number of nitrogens with one attached hydrogen (secondary N) is 1. The molecule has 0 aliphatic rings. The third-order valence-electron chi connectivity index (χ3n) is 2.95. The van der Waals surface area contributed by atoms with Crippen molar-refractivity contribution in [2.75, 3.05) is 13.2 Å². The van der Waals surface area contributed by atoms with Gasteiger partial charge in [0.15, 0.2) is 5.76 Å². The lowest BCUT2D eigenvalue weighted by Gasteiger charge is -2.14. The highest BCUT2D eigenvalue weighted by Crippen LogP contribution is 2.26. The molecule has 1 atom stereocenters. The first-order valence-electron chi connectivity index (χ1n) is 6.27. The van der Waals surface area contributed by atoms with Crippen molar-refractivity contribution in [1.29, 1.82) is 0 Å². The van der Waals surface area contributed by atoms with Gasteiger partial charge in [-0.1, -0.05) is 6.07 Å². The average Bonchev–Trinajstić information content (AvgIpc) is 3.10. The lowest BCUT2D eigenvalue weighted by molar-refractivity contribution is 0.0924. The summed E-state index contributed by atoms with van der Waals surface area (Å²) in [5, 5.41) is 14.0. The van der Waals surface area contributed by atoms with E-state index < -0.39 is 0 Å². The van der Waals surface area contributed by atoms with Crippen molar-refractivity contribution in [3.8, 4) is 0 Å². The third-order valence-corrected chi connectivity index (χ3v) is 3.98. The lowest BCUT2D eigenvalue weighted by Crippen LogP contribution is -2.25. The number of carbonyl (C=O) groups is 1. The van der Waals surface area contributed by atoms with Gasteiger partial charge in [-0.15, -0.1) is 11.3 Å². The van der Waals surface area contributed by atoms with E-state index in [1.807, 2.05) is 11.4 Å². The molecule has 1 amide bonds. The Bertz CT molecular complexity index is 479. The Morgan fingerprint density at radius 1 is 1.37 bits per heavy atom. The second-order valence-corrected chi connectivity index (χ2v) is 5.23. The van der Waals surface area contributed by atoms with Gasteiger partial charge in [0.05, 0.1) is 6.26 Å². The Morgan fingerprint density at radius 2 is 2.26 bits per heavy atom. The van der Waals surface area contributed by atoms with Crippen LogP contribution in [0.4, 0.5) is 0 Å². The second-order valence-electron chi connectivity index (χ2n) is 4.25. The van der Waals surface area contributed by atoms with Crippen LogP contribution >= 0.6 is 11.3 Å². The van der Waals surface area contributed by atoms with Crippen LogP contribution < -0.4 is 5.32 Å². The van der Waals surface area contributed by atoms with Crippen LogP contribution in [0.1, 0.15) is 34.2 Å². The Morgan fingerprint density at radius 3 is 2.89 bits per heavy atom. The number of hydrogen-bond acceptors (Lipinski definition) is 4. The van der Waals surface area contributed by atoms with Gasteiger partial charge in [0.25, 0.3) is 5.91 Å². The quantitative estimate of drug-likeness (QED) is 0.819. The fraction of sp³-hybridized carbons (Fsp3) is 0.357. The topological polar surface area (TPSA) is 62.5 Å². The van der Waals surface area contributed by atoms with E-state index in [1.165, 1.54) is 11.1 Å². The maximum Gasteiger partial charge on any atom is 0.286 e. The molecule has 0 bridgehead atoms. The van der Waals surface area contributed by atoms with E-state index in [0.29, 0.717) is 18.2 Å². The largest absolute Gasteiger partial charge is 0.459 e. The molecular weight excluding hydrogens is 262 g/mol. The maximum absolute atomic E-state index is 11.7. The number of thiophene rings is 1. The third kappa shape index (κ3) is 3.94. The van der Waals surface area contributed by atoms with Gasteiger partial charge >= 0.3 is 0 Å². The number of amides is 1. The molecule has 0 aliphatic heterocycles. The minimum Gasteiger partial charge on any atom is -0.459 e. The van der Waals surface area contributed by atoms with E-state index in [-0.39, 0.29) is 12.5 Å². The number of hydrogen-bond donors (Lipinski definition) is 2. The van der Waals surface area contributed by atoms with E-state index >= 15 is 0 Å². The molecular formula is C14H17NO3S. The fourth-order valence-corrected chi connectivity index (χ4v) is 2.86. The molecule has 102 valence electrons. The van der Waals surface area contributed by atoms with Crippen molar-refractivity contribution in [3.05, 3.63) is 46.5 Å². The Hall–Kier alpha value is -1.59. The first-order chi connectivity index (χ1) is 9.31. The smallest absolute Gasteiger partial charge is 0.286 e. The molecule has 5 heteroatoms. The number of aliphatic hydroxyl groups is 1. The van der Waals surface area contributed by atoms with E-state index in [2.05, 4.69) is 11.4 Å². The zero-order valence-corrected chi connectivity index (χ0v) is 11.4. The SMILES string of the molecule is O=C(NCC[C@@H](CCO)c1cccs1)c1ccco1. The summed E-state index contributed by atoms with van der Waals surface area (Å²) < 4.78 is 5.02. The molecule has 0 radical (unpaired) electrons. The molecule has 4 nitrogen and oxygen atoms in total. The van der Waals surface area contributed by atoms with Crippen molar-refractivity contribution < 1.29 is 14.3 Å². The van der Waals surface area contributed by atoms with Gasteiger partial charge in [-0.05, 0) is 42.3 Å². The van der Waals surface area contributed by atoms with Crippen LogP contribution in [0.2, 0.25) is 0 Å². The summed E-state index contributed by atoms with van der Waals surface area (Å²) in [6, 6.07) is 7.40. The molecule has 2 N–H and O–H groups in total. The van der Waals surface area contributed by atoms with Crippen LogP contribution in [0.5, 0.6) is 0 Å². The van der Waals surface area contributed by atoms with Gasteiger partial charge in [-0.3, -0.25) is 4.79 Å². The first kappa shape index (κ1) is 13.8. The molecule has 19 heavy (non-hydrogen) atoms. The number of furan rings is 1. The van der Waals surface area contributed by atoms with E-state index in [9.17, 15) is 4.79 Å². The van der Waals surface area contributed by atoms with Gasteiger partial charge in [0.1, 0.15) is 0 Å². The Labute approximate surface area is 116 Å². The Balaban J connectivity index is 1.81. The summed E-state index contributed by atoms with van der Waals surface area (Å²) in [5.41, 5.74) is 0. The van der Waals surface area contributed by atoms with Crippen LogP contribution in [0.3, 0.4) is 0 Å². The van der Waals surface area contributed by atoms with Crippen molar-refractivity contribution in [2.45, 2.75) is 18.8 Å². The zero-order chi connectivity index (χ0) is 13.5. The van der Waals surface area contributed by atoms with Crippen LogP contribution in [-0.2, 0) is 0 Å². The summed E-state index contributed by atoms with van der Waals surface area (Å²) in [4.78, 5) is 12.9. The summed E-state index contributed by atoms with van der Waals surface area (Å²) in [7, 11) is 0. The molecule has 0 aliphatic carbocycles. The van der Waals surface area contributed by atoms with Crippen LogP contribution in [-0.4, -0.2) is 24.2 Å². The predicted molar refractivity (Wildman–Crippen MR) is 74.4 cm³/mol. The van der Waals surface area contributed by atoms with Gasteiger partial charge in [0, 0.05) is 18.0 Å². The second kappa shape index (κ2) is 7.11. The highest BCUT2D eigenvalue weighted by molar-refractivity contribution is 7.10. The van der Waals surface area contributed by atoms with E-state index in [1.54, 1.807) is 23.5 Å². The molecule has 0 aromatic carbocycles. The molecule has 0 saturated carbocycles. The molecule has 2 aromatic rings. The van der Waals surface area contributed by atoms with Crippen LogP contribution in [0.15, 0.2) is 40.3 Å². The highest BCUT2D eigenvalue weighted by atomic mass is 32.1. The molecule has 0 unspecified atom stereocenters. The maximum atomic E-state index is 11.7. The monoisotopic (exact) mass is 279 g/mol. The first-order valence-corrected chi connectivity index (χ1v) is 7.15. The molecule has 2 aromatic heterocycles. The summed E-state index contributed by atoms with van der Waals surface area (Å²) in [6.45, 7) is 0.733. The molecule has 2 heterocycles. The van der Waals surface area contributed by atoms with Crippen molar-refractivity contribution in [3.63, 3.8) is 0 Å². The Kier molecular flexibility index (Phi) is 5.18. The summed E-state index contributed by atoms with van der Waals surface area (Å²) in [5.74, 6) is 0.427. The van der Waals surface area contributed by atoms with Gasteiger partial charge in [-0.2, -0.15) is 0 Å². The molecule has 0 fully saturated rings. The number of rotatable bonds is 7. The van der Waals surface area contributed by atoms with Crippen LogP contribution in [0, 0.1) is 0 Å². The van der Waals surface area contributed by atoms with Gasteiger partial charge in [-0.25, -0.2) is 0 Å². The average molecular weight is 279 g/mol. The molecule has 0 saturated heterocycles. The van der Waals surface area contributed by atoms with E-state index in [0.717, 1.165) is 12.8 Å². The van der Waals surface area contributed by atoms with E-state index in [4.69, 9.17) is 9.52 Å². The summed E-state index contributed by atoms with van der Waals surface area (Å²) in [6.07, 6.45) is 3.01. The number of carbonyl (C=O) groups excluding carboxylic acids is 1. The molecule has 2 rings (SSSR count). The minimum atomic E-state index is -0.195. The lowest BCUT2D eigenvalue weighted by atomic mass is 10.00. The predicted octanol–water partition coefficient (Wildman–Crippen LogP) is 2.63. The van der Waals surface area contributed by atoms with Crippen LogP contribution in [0.25, 0.3) is 0 Å². The van der Waals surface area contributed by atoms with Crippen molar-refractivity contribution in [2.24, 2.45) is 0 Å². The summed E-state index contributed by atoms with van der Waals surface area (Å²) >= 11 is 1.69.